The van der Waals surface area contributed by atoms with Crippen LogP contribution in [0.2, 0.25) is 0 Å². The highest BCUT2D eigenvalue weighted by molar-refractivity contribution is 6.04. The average Bonchev–Trinajstić information content (AvgIpc) is 2.81. The Bertz CT molecular complexity index is 1040. The molecule has 0 radical (unpaired) electrons. The van der Waals surface area contributed by atoms with Gasteiger partial charge in [0.05, 0.1) is 11.3 Å². The number of amides is 1. The van der Waals surface area contributed by atoms with Crippen LogP contribution >= 0.6 is 0 Å². The number of ether oxygens (including phenoxy) is 1. The van der Waals surface area contributed by atoms with Gasteiger partial charge in [-0.2, -0.15) is 0 Å². The molecule has 2 heterocycles. The zero-order valence-electron chi connectivity index (χ0n) is 18.1. The third-order valence-electron chi connectivity index (χ3n) is 5.63. The molecule has 0 aliphatic carbocycles. The molecule has 32 heavy (non-hydrogen) atoms. The number of carbonyl (C=O) groups is 1. The van der Waals surface area contributed by atoms with Crippen molar-refractivity contribution in [2.24, 2.45) is 0 Å². The third kappa shape index (κ3) is 5.68. The summed E-state index contributed by atoms with van der Waals surface area (Å²) < 4.78 is 18.7. The first kappa shape index (κ1) is 21.9. The minimum Gasteiger partial charge on any atom is -0.492 e. The summed E-state index contributed by atoms with van der Waals surface area (Å²) in [6.45, 7) is 5.02. The molecule has 7 heteroatoms. The van der Waals surface area contributed by atoms with Gasteiger partial charge in [-0.05, 0) is 62.7 Å². The molecule has 1 unspecified atom stereocenters. The van der Waals surface area contributed by atoms with E-state index in [9.17, 15) is 9.18 Å². The van der Waals surface area contributed by atoms with E-state index in [1.807, 2.05) is 37.3 Å². The largest absolute Gasteiger partial charge is 0.492 e. The molecule has 1 aliphatic heterocycles. The second-order valence-corrected chi connectivity index (χ2v) is 7.99. The third-order valence-corrected chi connectivity index (χ3v) is 5.63. The van der Waals surface area contributed by atoms with E-state index in [1.165, 1.54) is 12.1 Å². The van der Waals surface area contributed by atoms with E-state index >= 15 is 0 Å². The number of carbonyl (C=O) groups excluding carboxylic acids is 1. The van der Waals surface area contributed by atoms with E-state index in [2.05, 4.69) is 20.2 Å². The van der Waals surface area contributed by atoms with Crippen LogP contribution in [0.4, 0.5) is 10.1 Å². The fourth-order valence-corrected chi connectivity index (χ4v) is 3.92. The Kier molecular flexibility index (Phi) is 7.07. The van der Waals surface area contributed by atoms with E-state index in [0.717, 1.165) is 44.0 Å². The fourth-order valence-electron chi connectivity index (χ4n) is 3.92. The topological polar surface area (TPSA) is 67.3 Å². The summed E-state index contributed by atoms with van der Waals surface area (Å²) in [5, 5.41) is 2.88. The Morgan fingerprint density at radius 2 is 1.97 bits per heavy atom. The summed E-state index contributed by atoms with van der Waals surface area (Å²) in [5.74, 6) is 1.20. The first-order valence-electron chi connectivity index (χ1n) is 10.9. The molecule has 1 fully saturated rings. The fraction of sp³-hybridized carbons (Fsp3) is 0.320. The number of rotatable bonds is 7. The highest BCUT2D eigenvalue weighted by Gasteiger charge is 2.24. The van der Waals surface area contributed by atoms with Crippen LogP contribution in [0.1, 0.15) is 40.6 Å². The number of nitrogens with one attached hydrogen (secondary N) is 1. The van der Waals surface area contributed by atoms with Crippen molar-refractivity contribution in [2.45, 2.75) is 25.7 Å². The van der Waals surface area contributed by atoms with Crippen molar-refractivity contribution in [1.29, 1.82) is 0 Å². The van der Waals surface area contributed by atoms with Crippen molar-refractivity contribution in [3.63, 3.8) is 0 Å². The van der Waals surface area contributed by atoms with Gasteiger partial charge in [-0.3, -0.25) is 9.69 Å². The van der Waals surface area contributed by atoms with Gasteiger partial charge in [0.2, 0.25) is 0 Å². The van der Waals surface area contributed by atoms with Gasteiger partial charge < -0.3 is 10.1 Å². The molecular formula is C25H27FN4O2. The van der Waals surface area contributed by atoms with Gasteiger partial charge in [-0.15, -0.1) is 0 Å². The lowest BCUT2D eigenvalue weighted by Gasteiger charge is -2.32. The molecule has 0 spiro atoms. The minimum atomic E-state index is -0.268. The number of hydrogen-bond acceptors (Lipinski definition) is 5. The Labute approximate surface area is 187 Å². The van der Waals surface area contributed by atoms with Crippen LogP contribution in [0.3, 0.4) is 0 Å². The molecule has 1 saturated heterocycles. The Morgan fingerprint density at radius 1 is 1.19 bits per heavy atom. The van der Waals surface area contributed by atoms with E-state index in [1.54, 1.807) is 18.3 Å². The predicted octanol–water partition coefficient (Wildman–Crippen LogP) is 4.43. The smallest absolute Gasteiger partial charge is 0.259 e. The number of aryl methyl sites for hydroxylation is 1. The maximum atomic E-state index is 13.0. The zero-order valence-corrected chi connectivity index (χ0v) is 18.1. The summed E-state index contributed by atoms with van der Waals surface area (Å²) >= 11 is 0. The van der Waals surface area contributed by atoms with Gasteiger partial charge in [0.25, 0.3) is 5.91 Å². The molecule has 1 atom stereocenters. The van der Waals surface area contributed by atoms with Gasteiger partial charge >= 0.3 is 0 Å². The normalized spacial score (nSPS) is 16.5. The molecule has 0 bridgehead atoms. The number of piperidine rings is 1. The van der Waals surface area contributed by atoms with E-state index in [4.69, 9.17) is 4.74 Å². The maximum absolute atomic E-state index is 13.0. The Morgan fingerprint density at radius 3 is 2.72 bits per heavy atom. The van der Waals surface area contributed by atoms with Crippen molar-refractivity contribution in [2.75, 3.05) is 31.6 Å². The molecule has 2 aromatic carbocycles. The molecular weight excluding hydrogens is 407 g/mol. The van der Waals surface area contributed by atoms with Crippen LogP contribution in [0.15, 0.2) is 60.8 Å². The standard InChI is InChI=1S/C25H27FN4O2/c1-18-23(25(31)29-21-7-3-2-4-8-21)16-27-24(28-18)19-6-5-13-30(17-19)14-15-32-22-11-9-20(26)10-12-22/h2-4,7-12,16,19H,5-6,13-15,17H2,1H3,(H,29,31). The van der Waals surface area contributed by atoms with Crippen LogP contribution in [0, 0.1) is 12.7 Å². The Balaban J connectivity index is 1.33. The molecule has 1 aromatic heterocycles. The van der Waals surface area contributed by atoms with Crippen LogP contribution in [0.25, 0.3) is 0 Å². The summed E-state index contributed by atoms with van der Waals surface area (Å²) in [6, 6.07) is 15.4. The van der Waals surface area contributed by atoms with E-state index in [0.29, 0.717) is 23.6 Å². The van der Waals surface area contributed by atoms with Crippen LogP contribution in [0.5, 0.6) is 5.75 Å². The summed E-state index contributed by atoms with van der Waals surface area (Å²) in [4.78, 5) is 24.1. The molecule has 1 N–H and O–H groups in total. The number of nitrogens with zero attached hydrogens (tertiary/aromatic N) is 3. The summed E-state index contributed by atoms with van der Waals surface area (Å²) in [6.07, 6.45) is 3.71. The predicted molar refractivity (Wildman–Crippen MR) is 121 cm³/mol. The highest BCUT2D eigenvalue weighted by atomic mass is 19.1. The Hall–Kier alpha value is -3.32. The number of aromatic nitrogens is 2. The lowest BCUT2D eigenvalue weighted by Crippen LogP contribution is -2.37. The van der Waals surface area contributed by atoms with Gasteiger partial charge in [-0.1, -0.05) is 18.2 Å². The van der Waals surface area contributed by atoms with Gasteiger partial charge in [-0.25, -0.2) is 14.4 Å². The molecule has 3 aromatic rings. The number of para-hydroxylation sites is 1. The van der Waals surface area contributed by atoms with Crippen LogP contribution < -0.4 is 10.1 Å². The van der Waals surface area contributed by atoms with E-state index < -0.39 is 0 Å². The second-order valence-electron chi connectivity index (χ2n) is 7.99. The number of likely N-dealkylation sites (tertiary alicyclic amines) is 1. The quantitative estimate of drug-likeness (QED) is 0.596. The van der Waals surface area contributed by atoms with Crippen molar-refractivity contribution in [1.82, 2.24) is 14.9 Å². The zero-order chi connectivity index (χ0) is 22.3. The summed E-state index contributed by atoms with van der Waals surface area (Å²) in [7, 11) is 0. The first-order chi connectivity index (χ1) is 15.6. The van der Waals surface area contributed by atoms with Gasteiger partial charge in [0.15, 0.2) is 0 Å². The molecule has 6 nitrogen and oxygen atoms in total. The monoisotopic (exact) mass is 434 g/mol. The number of anilines is 1. The lowest BCUT2D eigenvalue weighted by molar-refractivity contribution is 0.102. The molecule has 1 aliphatic rings. The highest BCUT2D eigenvalue weighted by Crippen LogP contribution is 2.25. The van der Waals surface area contributed by atoms with Crippen LogP contribution in [-0.4, -0.2) is 47.0 Å². The second kappa shape index (κ2) is 10.3. The van der Waals surface area contributed by atoms with Crippen molar-refractivity contribution in [3.8, 4) is 5.75 Å². The molecule has 166 valence electrons. The molecule has 0 saturated carbocycles. The minimum absolute atomic E-state index is 0.205. The van der Waals surface area contributed by atoms with Gasteiger partial charge in [0, 0.05) is 30.9 Å². The molecule has 1 amide bonds. The number of benzene rings is 2. The van der Waals surface area contributed by atoms with Crippen molar-refractivity contribution in [3.05, 3.63) is 83.7 Å². The van der Waals surface area contributed by atoms with E-state index in [-0.39, 0.29) is 17.6 Å². The van der Waals surface area contributed by atoms with Crippen LogP contribution in [-0.2, 0) is 0 Å². The maximum Gasteiger partial charge on any atom is 0.259 e. The SMILES string of the molecule is Cc1nc(C2CCCN(CCOc3ccc(F)cc3)C2)ncc1C(=O)Nc1ccccc1. The molecule has 4 rings (SSSR count). The average molecular weight is 435 g/mol. The van der Waals surface area contributed by atoms with Gasteiger partial charge in [0.1, 0.15) is 24.0 Å². The number of halogens is 1. The van der Waals surface area contributed by atoms with Crippen molar-refractivity contribution >= 4 is 11.6 Å². The lowest BCUT2D eigenvalue weighted by atomic mass is 9.97. The first-order valence-corrected chi connectivity index (χ1v) is 10.9. The van der Waals surface area contributed by atoms with Crippen molar-refractivity contribution < 1.29 is 13.9 Å². The number of hydrogen-bond donors (Lipinski definition) is 1. The summed E-state index contributed by atoms with van der Waals surface area (Å²) in [5.41, 5.74) is 1.91.